The first kappa shape index (κ1) is 21.3. The van der Waals surface area contributed by atoms with Crippen molar-refractivity contribution in [3.05, 3.63) is 86.8 Å². The number of Topliss-reactive ketones (excluding diaryl/α,β-unsaturated/α-hetero) is 1. The van der Waals surface area contributed by atoms with Crippen LogP contribution in [0.15, 0.2) is 64.8 Å². The molecule has 1 aliphatic rings. The Hall–Kier alpha value is -2.93. The molecule has 1 N–H and O–H groups in total. The van der Waals surface area contributed by atoms with Gasteiger partial charge in [0, 0.05) is 15.7 Å². The predicted molar refractivity (Wildman–Crippen MR) is 118 cm³/mol. The molecule has 31 heavy (non-hydrogen) atoms. The third-order valence-corrected chi connectivity index (χ3v) is 5.58. The lowest BCUT2D eigenvalue weighted by Gasteiger charge is -2.23. The Labute approximate surface area is 192 Å². The highest BCUT2D eigenvalue weighted by Crippen LogP contribution is 2.45. The Morgan fingerprint density at radius 3 is 2.39 bits per heavy atom. The number of aliphatic hydroxyl groups excluding tert-OH is 1. The number of anilines is 1. The lowest BCUT2D eigenvalue weighted by atomic mass is 9.98. The Kier molecular flexibility index (Phi) is 5.71. The summed E-state index contributed by atoms with van der Waals surface area (Å²) < 4.78 is 10.8. The SMILES string of the molecule is COc1c(Cl)cc(Cl)cc1/C(O)=C1/C(=O)C(=O)N(c2ccc(Cl)cc2)C1c1ccco1. The second-order valence-electron chi connectivity index (χ2n) is 6.63. The number of carbonyl (C=O) groups excluding carboxylic acids is 2. The van der Waals surface area contributed by atoms with Gasteiger partial charge in [0.05, 0.1) is 29.5 Å². The number of carbonyl (C=O) groups is 2. The number of nitrogens with zero attached hydrogens (tertiary/aromatic N) is 1. The van der Waals surface area contributed by atoms with Crippen molar-refractivity contribution in [2.24, 2.45) is 0 Å². The molecule has 0 radical (unpaired) electrons. The number of ether oxygens (including phenoxy) is 1. The average Bonchev–Trinajstić information content (AvgIpc) is 3.35. The minimum Gasteiger partial charge on any atom is -0.507 e. The maximum absolute atomic E-state index is 13.1. The van der Waals surface area contributed by atoms with Crippen LogP contribution in [0.5, 0.6) is 5.75 Å². The van der Waals surface area contributed by atoms with Crippen LogP contribution in [0.1, 0.15) is 17.4 Å². The Balaban J connectivity index is 1.97. The summed E-state index contributed by atoms with van der Waals surface area (Å²) in [6.07, 6.45) is 1.41. The van der Waals surface area contributed by atoms with E-state index in [1.165, 1.54) is 30.4 Å². The van der Waals surface area contributed by atoms with Gasteiger partial charge < -0.3 is 14.3 Å². The van der Waals surface area contributed by atoms with E-state index in [2.05, 4.69) is 0 Å². The van der Waals surface area contributed by atoms with Crippen molar-refractivity contribution in [3.63, 3.8) is 0 Å². The number of rotatable bonds is 4. The van der Waals surface area contributed by atoms with Gasteiger partial charge in [0.1, 0.15) is 23.3 Å². The number of furan rings is 1. The number of aliphatic hydroxyl groups is 1. The Morgan fingerprint density at radius 2 is 1.77 bits per heavy atom. The van der Waals surface area contributed by atoms with E-state index in [9.17, 15) is 14.7 Å². The van der Waals surface area contributed by atoms with Gasteiger partial charge >= 0.3 is 0 Å². The summed E-state index contributed by atoms with van der Waals surface area (Å²) in [5, 5.41) is 12.0. The largest absolute Gasteiger partial charge is 0.507 e. The highest BCUT2D eigenvalue weighted by molar-refractivity contribution is 6.51. The van der Waals surface area contributed by atoms with Crippen LogP contribution < -0.4 is 9.64 Å². The molecule has 1 amide bonds. The predicted octanol–water partition coefficient (Wildman–Crippen LogP) is 5.87. The molecule has 4 rings (SSSR count). The molecule has 3 aromatic rings. The normalized spacial score (nSPS) is 17.9. The quantitative estimate of drug-likeness (QED) is 0.288. The van der Waals surface area contributed by atoms with Crippen molar-refractivity contribution in [1.82, 2.24) is 0 Å². The second kappa shape index (κ2) is 8.30. The van der Waals surface area contributed by atoms with Crippen molar-refractivity contribution in [2.75, 3.05) is 12.0 Å². The Morgan fingerprint density at radius 1 is 1.06 bits per heavy atom. The fourth-order valence-corrected chi connectivity index (χ4v) is 4.20. The summed E-state index contributed by atoms with van der Waals surface area (Å²) in [6.45, 7) is 0. The van der Waals surface area contributed by atoms with Gasteiger partial charge in [-0.25, -0.2) is 0 Å². The van der Waals surface area contributed by atoms with Gasteiger partial charge in [-0.05, 0) is 48.5 Å². The molecular weight excluding hydrogens is 465 g/mol. The molecule has 1 atom stereocenters. The monoisotopic (exact) mass is 477 g/mol. The third-order valence-electron chi connectivity index (χ3n) is 4.83. The van der Waals surface area contributed by atoms with Gasteiger partial charge in [0.25, 0.3) is 11.7 Å². The standard InChI is InChI=1S/C22H14Cl3NO5/c1-30-21-14(9-12(24)10-15(21)25)19(27)17-18(16-3-2-8-31-16)26(22(29)20(17)28)13-6-4-11(23)5-7-13/h2-10,18,27H,1H3/b19-17-. The summed E-state index contributed by atoms with van der Waals surface area (Å²) in [5.74, 6) is -1.83. The molecule has 9 heteroatoms. The molecular formula is C22H14Cl3NO5. The summed E-state index contributed by atoms with van der Waals surface area (Å²) in [7, 11) is 1.36. The highest BCUT2D eigenvalue weighted by Gasteiger charge is 2.48. The molecule has 1 fully saturated rings. The number of methoxy groups -OCH3 is 1. The van der Waals surface area contributed by atoms with E-state index in [-0.39, 0.29) is 32.7 Å². The van der Waals surface area contributed by atoms with E-state index < -0.39 is 23.5 Å². The van der Waals surface area contributed by atoms with E-state index in [1.807, 2.05) is 0 Å². The summed E-state index contributed by atoms with van der Waals surface area (Å²) >= 11 is 18.3. The molecule has 2 aromatic carbocycles. The fraction of sp³-hybridized carbons (Fsp3) is 0.0909. The van der Waals surface area contributed by atoms with E-state index in [1.54, 1.807) is 36.4 Å². The van der Waals surface area contributed by atoms with Crippen LogP contribution in [-0.2, 0) is 9.59 Å². The first-order valence-corrected chi connectivity index (χ1v) is 10.1. The first-order chi connectivity index (χ1) is 14.8. The minimum absolute atomic E-state index is 0.0747. The summed E-state index contributed by atoms with van der Waals surface area (Å²) in [4.78, 5) is 27.3. The molecule has 0 saturated carbocycles. The highest BCUT2D eigenvalue weighted by atomic mass is 35.5. The average molecular weight is 479 g/mol. The lowest BCUT2D eigenvalue weighted by molar-refractivity contribution is -0.132. The number of hydrogen-bond acceptors (Lipinski definition) is 5. The number of ketones is 1. The molecule has 2 heterocycles. The molecule has 1 aromatic heterocycles. The zero-order chi connectivity index (χ0) is 22.3. The van der Waals surface area contributed by atoms with Crippen LogP contribution in [-0.4, -0.2) is 23.9 Å². The van der Waals surface area contributed by atoms with E-state index in [0.717, 1.165) is 0 Å². The van der Waals surface area contributed by atoms with Crippen molar-refractivity contribution in [3.8, 4) is 5.75 Å². The second-order valence-corrected chi connectivity index (χ2v) is 7.91. The molecule has 0 aliphatic carbocycles. The van der Waals surface area contributed by atoms with Crippen LogP contribution in [0.4, 0.5) is 5.69 Å². The third kappa shape index (κ3) is 3.67. The number of hydrogen-bond donors (Lipinski definition) is 1. The minimum atomic E-state index is -1.03. The summed E-state index contributed by atoms with van der Waals surface area (Å²) in [5.41, 5.74) is 0.292. The zero-order valence-corrected chi connectivity index (χ0v) is 18.2. The van der Waals surface area contributed by atoms with Crippen LogP contribution in [0.2, 0.25) is 15.1 Å². The Bertz CT molecular complexity index is 1200. The van der Waals surface area contributed by atoms with Crippen LogP contribution in [0, 0.1) is 0 Å². The van der Waals surface area contributed by atoms with Gasteiger partial charge in [0.15, 0.2) is 0 Å². The zero-order valence-electron chi connectivity index (χ0n) is 15.9. The molecule has 1 aliphatic heterocycles. The van der Waals surface area contributed by atoms with Crippen molar-refractivity contribution in [1.29, 1.82) is 0 Å². The van der Waals surface area contributed by atoms with E-state index >= 15 is 0 Å². The van der Waals surface area contributed by atoms with Crippen LogP contribution in [0.3, 0.4) is 0 Å². The molecule has 0 bridgehead atoms. The maximum atomic E-state index is 13.1. The van der Waals surface area contributed by atoms with Gasteiger partial charge in [0.2, 0.25) is 0 Å². The maximum Gasteiger partial charge on any atom is 0.300 e. The van der Waals surface area contributed by atoms with Crippen molar-refractivity contribution < 1.29 is 23.8 Å². The van der Waals surface area contributed by atoms with E-state index in [4.69, 9.17) is 44.0 Å². The number of amides is 1. The number of benzene rings is 2. The number of halogens is 3. The fourth-order valence-electron chi connectivity index (χ4n) is 3.51. The van der Waals surface area contributed by atoms with Crippen LogP contribution >= 0.6 is 34.8 Å². The molecule has 0 spiro atoms. The van der Waals surface area contributed by atoms with E-state index in [0.29, 0.717) is 10.7 Å². The van der Waals surface area contributed by atoms with Gasteiger partial charge in [-0.3, -0.25) is 14.5 Å². The lowest BCUT2D eigenvalue weighted by Crippen LogP contribution is -2.29. The van der Waals surface area contributed by atoms with Gasteiger partial charge in [-0.15, -0.1) is 0 Å². The smallest absolute Gasteiger partial charge is 0.300 e. The first-order valence-electron chi connectivity index (χ1n) is 8.97. The molecule has 6 nitrogen and oxygen atoms in total. The van der Waals surface area contributed by atoms with Gasteiger partial charge in [-0.1, -0.05) is 34.8 Å². The molecule has 158 valence electrons. The molecule has 1 saturated heterocycles. The van der Waals surface area contributed by atoms with Crippen LogP contribution in [0.25, 0.3) is 5.76 Å². The summed E-state index contributed by atoms with van der Waals surface area (Å²) in [6, 6.07) is 11.4. The van der Waals surface area contributed by atoms with Gasteiger partial charge in [-0.2, -0.15) is 0 Å². The van der Waals surface area contributed by atoms with Crippen molar-refractivity contribution in [2.45, 2.75) is 6.04 Å². The van der Waals surface area contributed by atoms with Crippen molar-refractivity contribution >= 4 is 57.9 Å². The molecule has 1 unspecified atom stereocenters. The topological polar surface area (TPSA) is 80.0 Å².